The minimum absolute atomic E-state index is 0.371. The summed E-state index contributed by atoms with van der Waals surface area (Å²) >= 11 is 0. The summed E-state index contributed by atoms with van der Waals surface area (Å²) in [5, 5.41) is 10.6. The van der Waals surface area contributed by atoms with E-state index in [0.29, 0.717) is 25.9 Å². The lowest BCUT2D eigenvalue weighted by molar-refractivity contribution is -0.312. The summed E-state index contributed by atoms with van der Waals surface area (Å²) in [4.78, 5) is 23.8. The van der Waals surface area contributed by atoms with Crippen LogP contribution in [0.4, 0.5) is 4.79 Å². The molecule has 5 nitrogen and oxygen atoms in total. The normalized spacial score (nSPS) is 18.3. The van der Waals surface area contributed by atoms with E-state index in [2.05, 4.69) is 0 Å². The summed E-state index contributed by atoms with van der Waals surface area (Å²) in [5.74, 6) is -1.46. The Labute approximate surface area is 95.4 Å². The second kappa shape index (κ2) is 4.72. The molecule has 0 radical (unpaired) electrons. The van der Waals surface area contributed by atoms with Crippen molar-refractivity contribution in [2.75, 3.05) is 13.1 Å². The van der Waals surface area contributed by atoms with Crippen molar-refractivity contribution < 1.29 is 19.4 Å². The number of amides is 1. The Kier molecular flexibility index (Phi) is 3.78. The second-order valence-corrected chi connectivity index (χ2v) is 5.06. The number of ether oxygens (including phenoxy) is 1. The van der Waals surface area contributed by atoms with Gasteiger partial charge in [-0.2, -0.15) is 0 Å². The van der Waals surface area contributed by atoms with Crippen molar-refractivity contribution >= 4 is 12.1 Å². The highest BCUT2D eigenvalue weighted by Crippen LogP contribution is 2.18. The number of hydrogen-bond acceptors (Lipinski definition) is 4. The minimum Gasteiger partial charge on any atom is -0.550 e. The Morgan fingerprint density at radius 1 is 1.25 bits per heavy atom. The largest absolute Gasteiger partial charge is 0.550 e. The van der Waals surface area contributed by atoms with Crippen LogP contribution in [0.2, 0.25) is 0 Å². The molecular weight excluding hydrogens is 210 g/mol. The highest BCUT2D eigenvalue weighted by Gasteiger charge is 2.26. The van der Waals surface area contributed by atoms with Crippen molar-refractivity contribution in [1.82, 2.24) is 4.90 Å². The number of carbonyl (C=O) groups is 2. The molecule has 0 atom stereocenters. The van der Waals surface area contributed by atoms with Gasteiger partial charge in [-0.3, -0.25) is 0 Å². The molecule has 0 bridgehead atoms. The molecule has 0 spiro atoms. The molecule has 1 saturated heterocycles. The van der Waals surface area contributed by atoms with Crippen LogP contribution in [0, 0.1) is 5.92 Å². The summed E-state index contributed by atoms with van der Waals surface area (Å²) in [6.45, 7) is 6.26. The van der Waals surface area contributed by atoms with E-state index in [9.17, 15) is 14.7 Å². The van der Waals surface area contributed by atoms with E-state index in [1.807, 2.05) is 0 Å². The number of nitrogens with zero attached hydrogens (tertiary/aromatic N) is 1. The molecular formula is C11H18NO4-. The van der Waals surface area contributed by atoms with Crippen molar-refractivity contribution in [2.24, 2.45) is 5.92 Å². The average molecular weight is 228 g/mol. The van der Waals surface area contributed by atoms with Gasteiger partial charge in [-0.1, -0.05) is 0 Å². The summed E-state index contributed by atoms with van der Waals surface area (Å²) in [6.07, 6.45) is 0.521. The van der Waals surface area contributed by atoms with Gasteiger partial charge in [0.15, 0.2) is 0 Å². The second-order valence-electron chi connectivity index (χ2n) is 5.06. The summed E-state index contributed by atoms with van der Waals surface area (Å²) < 4.78 is 5.20. The molecule has 1 rings (SSSR count). The molecule has 5 heteroatoms. The maximum Gasteiger partial charge on any atom is 0.410 e. The van der Waals surface area contributed by atoms with Crippen molar-refractivity contribution in [1.29, 1.82) is 0 Å². The molecule has 0 aromatic carbocycles. The third kappa shape index (κ3) is 3.72. The summed E-state index contributed by atoms with van der Waals surface area (Å²) in [7, 11) is 0. The van der Waals surface area contributed by atoms with Crippen LogP contribution < -0.4 is 5.11 Å². The first-order chi connectivity index (χ1) is 7.29. The predicted octanol–water partition coefficient (Wildman–Crippen LogP) is 0.383. The number of rotatable bonds is 1. The van der Waals surface area contributed by atoms with Crippen LogP contribution in [-0.4, -0.2) is 35.7 Å². The van der Waals surface area contributed by atoms with Crippen LogP contribution in [0.5, 0.6) is 0 Å². The molecule has 0 aliphatic carbocycles. The molecule has 92 valence electrons. The van der Waals surface area contributed by atoms with E-state index < -0.39 is 17.5 Å². The fourth-order valence-corrected chi connectivity index (χ4v) is 1.62. The molecule has 0 aromatic rings. The number of aliphatic carboxylic acids is 1. The Morgan fingerprint density at radius 2 is 1.75 bits per heavy atom. The number of likely N-dealkylation sites (tertiary alicyclic amines) is 1. The Hall–Kier alpha value is -1.26. The third-order valence-electron chi connectivity index (χ3n) is 2.48. The van der Waals surface area contributed by atoms with Gasteiger partial charge in [0, 0.05) is 25.0 Å². The first kappa shape index (κ1) is 12.8. The molecule has 1 aliphatic rings. The van der Waals surface area contributed by atoms with Crippen molar-refractivity contribution in [3.8, 4) is 0 Å². The van der Waals surface area contributed by atoms with Crippen molar-refractivity contribution in [3.63, 3.8) is 0 Å². The lowest BCUT2D eigenvalue weighted by Crippen LogP contribution is -2.45. The van der Waals surface area contributed by atoms with Gasteiger partial charge in [0.25, 0.3) is 0 Å². The van der Waals surface area contributed by atoms with Gasteiger partial charge < -0.3 is 19.5 Å². The van der Waals surface area contributed by atoms with E-state index in [0.717, 1.165) is 0 Å². The molecule has 0 aromatic heterocycles. The van der Waals surface area contributed by atoms with Gasteiger partial charge in [-0.25, -0.2) is 4.79 Å². The van der Waals surface area contributed by atoms with E-state index in [1.54, 1.807) is 25.7 Å². The number of carboxylic acids is 1. The van der Waals surface area contributed by atoms with Crippen LogP contribution in [0.3, 0.4) is 0 Å². The van der Waals surface area contributed by atoms with E-state index in [1.165, 1.54) is 0 Å². The minimum atomic E-state index is -1.02. The number of carbonyl (C=O) groups excluding carboxylic acids is 2. The van der Waals surface area contributed by atoms with Crippen LogP contribution in [0.15, 0.2) is 0 Å². The fourth-order valence-electron chi connectivity index (χ4n) is 1.62. The Balaban J connectivity index is 2.42. The molecule has 16 heavy (non-hydrogen) atoms. The van der Waals surface area contributed by atoms with E-state index in [4.69, 9.17) is 4.74 Å². The number of carboxylic acid groups (broad SMARTS) is 1. The zero-order valence-corrected chi connectivity index (χ0v) is 9.99. The molecule has 0 N–H and O–H groups in total. The molecule has 1 heterocycles. The maximum atomic E-state index is 11.6. The van der Waals surface area contributed by atoms with E-state index >= 15 is 0 Å². The summed E-state index contributed by atoms with van der Waals surface area (Å²) in [6, 6.07) is 0. The standard InChI is InChI=1S/C11H19NO4/c1-11(2,3)16-10(15)12-6-4-8(5-7-12)9(13)14/h8H,4-7H2,1-3H3,(H,13,14)/p-1. The SMILES string of the molecule is CC(C)(C)OC(=O)N1CCC(C(=O)[O-])CC1. The van der Waals surface area contributed by atoms with Crippen LogP contribution in [0.1, 0.15) is 33.6 Å². The van der Waals surface area contributed by atoms with Crippen molar-refractivity contribution in [2.45, 2.75) is 39.2 Å². The molecule has 1 aliphatic heterocycles. The molecule has 0 unspecified atom stereocenters. The first-order valence-electron chi connectivity index (χ1n) is 5.48. The van der Waals surface area contributed by atoms with Crippen LogP contribution >= 0.6 is 0 Å². The zero-order chi connectivity index (χ0) is 12.3. The third-order valence-corrected chi connectivity index (χ3v) is 2.48. The smallest absolute Gasteiger partial charge is 0.410 e. The number of piperidine rings is 1. The number of hydrogen-bond donors (Lipinski definition) is 0. The quantitative estimate of drug-likeness (QED) is 0.650. The summed E-state index contributed by atoms with van der Waals surface area (Å²) in [5.41, 5.74) is -0.512. The highest BCUT2D eigenvalue weighted by molar-refractivity contribution is 5.70. The first-order valence-corrected chi connectivity index (χ1v) is 5.48. The lowest BCUT2D eigenvalue weighted by atomic mass is 9.97. The van der Waals surface area contributed by atoms with Gasteiger partial charge >= 0.3 is 6.09 Å². The average Bonchev–Trinajstić information content (AvgIpc) is 2.15. The molecule has 0 saturated carbocycles. The molecule has 1 amide bonds. The van der Waals surface area contributed by atoms with Gasteiger partial charge in [0.1, 0.15) is 5.60 Å². The topological polar surface area (TPSA) is 69.7 Å². The van der Waals surface area contributed by atoms with Gasteiger partial charge in [0.2, 0.25) is 0 Å². The maximum absolute atomic E-state index is 11.6. The molecule has 1 fully saturated rings. The lowest BCUT2D eigenvalue weighted by Gasteiger charge is -2.33. The van der Waals surface area contributed by atoms with E-state index in [-0.39, 0.29) is 6.09 Å². The zero-order valence-electron chi connectivity index (χ0n) is 9.99. The van der Waals surface area contributed by atoms with Crippen LogP contribution in [0.25, 0.3) is 0 Å². The van der Waals surface area contributed by atoms with Gasteiger partial charge in [-0.15, -0.1) is 0 Å². The highest BCUT2D eigenvalue weighted by atomic mass is 16.6. The Morgan fingerprint density at radius 3 is 2.12 bits per heavy atom. The van der Waals surface area contributed by atoms with Crippen LogP contribution in [-0.2, 0) is 9.53 Å². The van der Waals surface area contributed by atoms with Crippen molar-refractivity contribution in [3.05, 3.63) is 0 Å². The Bertz CT molecular complexity index is 274. The fraction of sp³-hybridized carbons (Fsp3) is 0.818. The van der Waals surface area contributed by atoms with Gasteiger partial charge in [0.05, 0.1) is 0 Å². The van der Waals surface area contributed by atoms with Gasteiger partial charge in [-0.05, 0) is 33.6 Å². The monoisotopic (exact) mass is 228 g/mol. The predicted molar refractivity (Wildman–Crippen MR) is 55.5 cm³/mol.